The average molecular weight is 267 g/mol. The van der Waals surface area contributed by atoms with Gasteiger partial charge in [0.2, 0.25) is 5.82 Å². The van der Waals surface area contributed by atoms with Crippen molar-refractivity contribution in [1.82, 2.24) is 20.2 Å². The molecule has 0 bridgehead atoms. The highest BCUT2D eigenvalue weighted by molar-refractivity contribution is 5.55. The number of tetrazole rings is 1. The lowest BCUT2D eigenvalue weighted by molar-refractivity contribution is 0.414. The predicted octanol–water partition coefficient (Wildman–Crippen LogP) is 1.92. The Hall–Kier alpha value is -2.89. The van der Waals surface area contributed by atoms with Gasteiger partial charge >= 0.3 is 0 Å². The molecule has 6 nitrogen and oxygen atoms in total. The highest BCUT2D eigenvalue weighted by Gasteiger charge is 2.08. The molecular formula is C14H13N5O. The molecule has 0 radical (unpaired) electrons. The third-order valence-corrected chi connectivity index (χ3v) is 2.83. The number of hydrogen-bond acceptors (Lipinski definition) is 5. The Morgan fingerprint density at radius 3 is 2.65 bits per heavy atom. The summed E-state index contributed by atoms with van der Waals surface area (Å²) in [7, 11) is 1.59. The number of rotatable bonds is 3. The van der Waals surface area contributed by atoms with Crippen molar-refractivity contribution in [2.24, 2.45) is 0 Å². The first kappa shape index (κ1) is 12.2. The van der Waals surface area contributed by atoms with E-state index in [1.807, 2.05) is 30.3 Å². The van der Waals surface area contributed by atoms with E-state index in [1.165, 1.54) is 4.80 Å². The quantitative estimate of drug-likeness (QED) is 0.733. The molecule has 1 heterocycles. The number of methoxy groups -OCH3 is 1. The number of benzene rings is 2. The molecule has 2 N–H and O–H groups in total. The number of hydrogen-bond donors (Lipinski definition) is 1. The zero-order valence-electron chi connectivity index (χ0n) is 10.9. The van der Waals surface area contributed by atoms with E-state index in [0.717, 1.165) is 5.56 Å². The van der Waals surface area contributed by atoms with E-state index >= 15 is 0 Å². The minimum Gasteiger partial charge on any atom is -0.497 e. The molecule has 0 aliphatic carbocycles. The molecule has 0 aliphatic heterocycles. The van der Waals surface area contributed by atoms with Crippen LogP contribution in [0.3, 0.4) is 0 Å². The maximum Gasteiger partial charge on any atom is 0.205 e. The van der Waals surface area contributed by atoms with Gasteiger partial charge in [0.1, 0.15) is 5.75 Å². The van der Waals surface area contributed by atoms with Gasteiger partial charge in [0, 0.05) is 23.4 Å². The van der Waals surface area contributed by atoms with E-state index in [9.17, 15) is 0 Å². The highest BCUT2D eigenvalue weighted by atomic mass is 16.5. The molecule has 0 amide bonds. The zero-order chi connectivity index (χ0) is 13.9. The van der Waals surface area contributed by atoms with E-state index in [-0.39, 0.29) is 0 Å². The number of nitrogens with zero attached hydrogens (tertiary/aromatic N) is 4. The fraction of sp³-hybridized carbons (Fsp3) is 0.0714. The van der Waals surface area contributed by atoms with E-state index in [4.69, 9.17) is 10.5 Å². The van der Waals surface area contributed by atoms with Crippen LogP contribution in [0.4, 0.5) is 5.69 Å². The highest BCUT2D eigenvalue weighted by Crippen LogP contribution is 2.21. The van der Waals surface area contributed by atoms with Crippen LogP contribution in [0.2, 0.25) is 0 Å². The Morgan fingerprint density at radius 1 is 1.10 bits per heavy atom. The summed E-state index contributed by atoms with van der Waals surface area (Å²) in [5.74, 6) is 1.21. The van der Waals surface area contributed by atoms with Gasteiger partial charge in [0.15, 0.2) is 0 Å². The lowest BCUT2D eigenvalue weighted by Crippen LogP contribution is -2.01. The molecule has 0 spiro atoms. The first-order valence-corrected chi connectivity index (χ1v) is 6.06. The summed E-state index contributed by atoms with van der Waals surface area (Å²) >= 11 is 0. The SMILES string of the molecule is COc1cc(N)cc(-n2nnc(-c3ccccc3)n2)c1. The van der Waals surface area contributed by atoms with Crippen molar-refractivity contribution in [2.75, 3.05) is 12.8 Å². The number of nitrogens with two attached hydrogens (primary N) is 1. The largest absolute Gasteiger partial charge is 0.497 e. The van der Waals surface area contributed by atoms with Crippen molar-refractivity contribution in [2.45, 2.75) is 0 Å². The van der Waals surface area contributed by atoms with Crippen LogP contribution in [0.25, 0.3) is 17.1 Å². The monoisotopic (exact) mass is 267 g/mol. The lowest BCUT2D eigenvalue weighted by Gasteiger charge is -2.04. The molecule has 0 saturated carbocycles. The Morgan fingerprint density at radius 2 is 1.90 bits per heavy atom. The normalized spacial score (nSPS) is 10.4. The molecule has 0 atom stereocenters. The Balaban J connectivity index is 2.00. The van der Waals surface area contributed by atoms with Gasteiger partial charge in [-0.3, -0.25) is 0 Å². The molecule has 3 aromatic rings. The van der Waals surface area contributed by atoms with Gasteiger partial charge in [-0.15, -0.1) is 15.0 Å². The van der Waals surface area contributed by atoms with Gasteiger partial charge in [0.25, 0.3) is 0 Å². The second-order valence-electron chi connectivity index (χ2n) is 4.23. The van der Waals surface area contributed by atoms with Crippen LogP contribution >= 0.6 is 0 Å². The first-order chi connectivity index (χ1) is 9.76. The van der Waals surface area contributed by atoms with Gasteiger partial charge in [-0.1, -0.05) is 30.3 Å². The van der Waals surface area contributed by atoms with Gasteiger partial charge in [-0.05, 0) is 11.3 Å². The Kier molecular flexibility index (Phi) is 3.04. The molecule has 3 rings (SSSR count). The standard InChI is InChI=1S/C14H13N5O/c1-20-13-8-11(15)7-12(9-13)19-17-14(16-18-19)10-5-3-2-4-6-10/h2-9H,15H2,1H3. The predicted molar refractivity (Wildman–Crippen MR) is 75.6 cm³/mol. The van der Waals surface area contributed by atoms with Crippen molar-refractivity contribution in [1.29, 1.82) is 0 Å². The molecule has 100 valence electrons. The van der Waals surface area contributed by atoms with E-state index in [1.54, 1.807) is 25.3 Å². The summed E-state index contributed by atoms with van der Waals surface area (Å²) < 4.78 is 5.18. The van der Waals surface area contributed by atoms with Crippen LogP contribution in [0.1, 0.15) is 0 Å². The molecular weight excluding hydrogens is 254 g/mol. The van der Waals surface area contributed by atoms with Gasteiger partial charge in [-0.25, -0.2) is 0 Å². The van der Waals surface area contributed by atoms with E-state index in [0.29, 0.717) is 22.9 Å². The van der Waals surface area contributed by atoms with Crippen molar-refractivity contribution < 1.29 is 4.74 Å². The summed E-state index contributed by atoms with van der Waals surface area (Å²) in [5, 5.41) is 12.4. The third-order valence-electron chi connectivity index (χ3n) is 2.83. The number of nitrogen functional groups attached to an aromatic ring is 1. The van der Waals surface area contributed by atoms with Crippen LogP contribution < -0.4 is 10.5 Å². The molecule has 0 unspecified atom stereocenters. The summed E-state index contributed by atoms with van der Waals surface area (Å²) in [6, 6.07) is 15.0. The van der Waals surface area contributed by atoms with E-state index < -0.39 is 0 Å². The minimum atomic E-state index is 0.562. The summed E-state index contributed by atoms with van der Waals surface area (Å²) in [5.41, 5.74) is 8.02. The summed E-state index contributed by atoms with van der Waals surface area (Å²) in [4.78, 5) is 1.43. The molecule has 20 heavy (non-hydrogen) atoms. The fourth-order valence-corrected chi connectivity index (χ4v) is 1.87. The average Bonchev–Trinajstić information content (AvgIpc) is 2.97. The Labute approximate surface area is 115 Å². The smallest absolute Gasteiger partial charge is 0.205 e. The molecule has 0 fully saturated rings. The van der Waals surface area contributed by atoms with Crippen molar-refractivity contribution in [3.63, 3.8) is 0 Å². The van der Waals surface area contributed by atoms with Gasteiger partial charge in [0.05, 0.1) is 12.8 Å². The number of aromatic nitrogens is 4. The van der Waals surface area contributed by atoms with Crippen LogP contribution in [0.5, 0.6) is 5.75 Å². The van der Waals surface area contributed by atoms with Gasteiger partial charge < -0.3 is 10.5 Å². The molecule has 0 aliphatic rings. The summed E-state index contributed by atoms with van der Waals surface area (Å²) in [6.07, 6.45) is 0. The lowest BCUT2D eigenvalue weighted by atomic mass is 10.2. The molecule has 6 heteroatoms. The molecule has 2 aromatic carbocycles. The number of ether oxygens (including phenoxy) is 1. The fourth-order valence-electron chi connectivity index (χ4n) is 1.87. The van der Waals surface area contributed by atoms with Crippen molar-refractivity contribution in [3.8, 4) is 22.8 Å². The molecule has 0 saturated heterocycles. The first-order valence-electron chi connectivity index (χ1n) is 6.06. The maximum atomic E-state index is 5.82. The van der Waals surface area contributed by atoms with Crippen molar-refractivity contribution >= 4 is 5.69 Å². The van der Waals surface area contributed by atoms with Crippen LogP contribution in [-0.4, -0.2) is 27.3 Å². The van der Waals surface area contributed by atoms with Crippen LogP contribution in [0, 0.1) is 0 Å². The molecule has 1 aromatic heterocycles. The topological polar surface area (TPSA) is 78.9 Å². The van der Waals surface area contributed by atoms with Crippen molar-refractivity contribution in [3.05, 3.63) is 48.5 Å². The third kappa shape index (κ3) is 2.31. The van der Waals surface area contributed by atoms with E-state index in [2.05, 4.69) is 15.4 Å². The number of anilines is 1. The zero-order valence-corrected chi connectivity index (χ0v) is 10.9. The Bertz CT molecular complexity index is 723. The second-order valence-corrected chi connectivity index (χ2v) is 4.23. The maximum absolute atomic E-state index is 5.82. The van der Waals surface area contributed by atoms with Crippen LogP contribution in [-0.2, 0) is 0 Å². The second kappa shape index (κ2) is 5.00. The van der Waals surface area contributed by atoms with Gasteiger partial charge in [-0.2, -0.15) is 0 Å². The summed E-state index contributed by atoms with van der Waals surface area (Å²) in [6.45, 7) is 0. The minimum absolute atomic E-state index is 0.562. The van der Waals surface area contributed by atoms with Crippen LogP contribution in [0.15, 0.2) is 48.5 Å².